The normalized spacial score (nSPS) is 27.9. The summed E-state index contributed by atoms with van der Waals surface area (Å²) in [6, 6.07) is 0.465. The third-order valence-electron chi connectivity index (χ3n) is 2.94. The molecular weight excluding hydrogens is 186 g/mol. The average Bonchev–Trinajstić information content (AvgIpc) is 2.58. The number of rotatable bonds is 6. The predicted molar refractivity (Wildman–Crippen MR) is 65.1 cm³/mol. The Kier molecular flexibility index (Phi) is 5.34. The van der Waals surface area contributed by atoms with Gasteiger partial charge in [-0.1, -0.05) is 12.5 Å². The average molecular weight is 211 g/mol. The first kappa shape index (κ1) is 12.7. The molecule has 2 heteroatoms. The molecule has 1 heterocycles. The second-order valence-corrected chi connectivity index (χ2v) is 4.78. The minimum Gasteiger partial charge on any atom is -0.374 e. The molecule has 3 unspecified atom stereocenters. The maximum atomic E-state index is 5.92. The molecule has 1 N–H and O–H groups in total. The Morgan fingerprint density at radius 2 is 2.27 bits per heavy atom. The molecule has 1 aliphatic heterocycles. The van der Waals surface area contributed by atoms with Crippen molar-refractivity contribution in [3.63, 3.8) is 0 Å². The molecule has 1 saturated heterocycles. The fourth-order valence-electron chi connectivity index (χ4n) is 2.17. The molecule has 0 aromatic rings. The molecule has 3 atom stereocenters. The summed E-state index contributed by atoms with van der Waals surface area (Å²) in [5.41, 5.74) is 1.24. The molecule has 0 spiro atoms. The highest BCUT2D eigenvalue weighted by Gasteiger charge is 2.28. The van der Waals surface area contributed by atoms with E-state index in [1.807, 2.05) is 0 Å². The molecule has 0 aromatic heterocycles. The third kappa shape index (κ3) is 4.35. The summed E-state index contributed by atoms with van der Waals surface area (Å²) >= 11 is 0. The predicted octanol–water partition coefficient (Wildman–Crippen LogP) is 2.89. The van der Waals surface area contributed by atoms with E-state index in [0.717, 1.165) is 13.0 Å². The number of ether oxygens (including phenoxy) is 1. The van der Waals surface area contributed by atoms with Crippen LogP contribution in [0.2, 0.25) is 0 Å². The van der Waals surface area contributed by atoms with E-state index in [1.54, 1.807) is 0 Å². The Labute approximate surface area is 94.1 Å². The standard InChI is InChI=1S/C13H25NO/c1-5-8-14-12(9-10(2)3)13-7-6-11(4)15-13/h11-14H,2,5-9H2,1,3-4H3. The van der Waals surface area contributed by atoms with Crippen LogP contribution in [0.5, 0.6) is 0 Å². The summed E-state index contributed by atoms with van der Waals surface area (Å²) < 4.78 is 5.92. The van der Waals surface area contributed by atoms with Gasteiger partial charge in [0.2, 0.25) is 0 Å². The van der Waals surface area contributed by atoms with E-state index in [2.05, 4.69) is 32.7 Å². The lowest BCUT2D eigenvalue weighted by atomic mass is 10.0. The molecule has 88 valence electrons. The van der Waals surface area contributed by atoms with Crippen molar-refractivity contribution in [1.82, 2.24) is 5.32 Å². The quantitative estimate of drug-likeness (QED) is 0.682. The van der Waals surface area contributed by atoms with Crippen LogP contribution < -0.4 is 5.32 Å². The first-order valence-electron chi connectivity index (χ1n) is 6.16. The smallest absolute Gasteiger partial charge is 0.0735 e. The van der Waals surface area contributed by atoms with Crippen molar-refractivity contribution in [3.05, 3.63) is 12.2 Å². The highest BCUT2D eigenvalue weighted by molar-refractivity contribution is 4.96. The van der Waals surface area contributed by atoms with Gasteiger partial charge >= 0.3 is 0 Å². The maximum Gasteiger partial charge on any atom is 0.0735 e. The zero-order valence-corrected chi connectivity index (χ0v) is 10.4. The minimum atomic E-state index is 0.392. The van der Waals surface area contributed by atoms with E-state index < -0.39 is 0 Å². The van der Waals surface area contributed by atoms with Crippen LogP contribution in [0.4, 0.5) is 0 Å². The van der Waals surface area contributed by atoms with Crippen LogP contribution in [-0.4, -0.2) is 24.8 Å². The van der Waals surface area contributed by atoms with Crippen LogP contribution in [0.15, 0.2) is 12.2 Å². The van der Waals surface area contributed by atoms with Gasteiger partial charge in [-0.25, -0.2) is 0 Å². The van der Waals surface area contributed by atoms with E-state index in [-0.39, 0.29) is 0 Å². The highest BCUT2D eigenvalue weighted by atomic mass is 16.5. The molecule has 0 aromatic carbocycles. The van der Waals surface area contributed by atoms with Gasteiger partial charge in [-0.2, -0.15) is 0 Å². The lowest BCUT2D eigenvalue weighted by Gasteiger charge is -2.25. The maximum absolute atomic E-state index is 5.92. The van der Waals surface area contributed by atoms with Gasteiger partial charge in [0.25, 0.3) is 0 Å². The Bertz CT molecular complexity index is 203. The van der Waals surface area contributed by atoms with E-state index in [0.29, 0.717) is 18.2 Å². The van der Waals surface area contributed by atoms with Crippen LogP contribution in [-0.2, 0) is 4.74 Å². The largest absolute Gasteiger partial charge is 0.374 e. The first-order valence-corrected chi connectivity index (χ1v) is 6.16. The SMILES string of the molecule is C=C(C)CC(NCCC)C1CCC(C)O1. The second-order valence-electron chi connectivity index (χ2n) is 4.78. The third-order valence-corrected chi connectivity index (χ3v) is 2.94. The van der Waals surface area contributed by atoms with E-state index in [9.17, 15) is 0 Å². The molecule has 1 rings (SSSR count). The molecule has 0 aliphatic carbocycles. The highest BCUT2D eigenvalue weighted by Crippen LogP contribution is 2.24. The van der Waals surface area contributed by atoms with Gasteiger partial charge in [0, 0.05) is 6.04 Å². The van der Waals surface area contributed by atoms with Crippen molar-refractivity contribution in [2.24, 2.45) is 0 Å². The van der Waals surface area contributed by atoms with E-state index in [4.69, 9.17) is 4.74 Å². The van der Waals surface area contributed by atoms with Gasteiger partial charge in [-0.3, -0.25) is 0 Å². The van der Waals surface area contributed by atoms with Gasteiger partial charge in [0.15, 0.2) is 0 Å². The van der Waals surface area contributed by atoms with Gasteiger partial charge in [0.1, 0.15) is 0 Å². The molecule has 0 bridgehead atoms. The van der Waals surface area contributed by atoms with E-state index in [1.165, 1.54) is 24.8 Å². The zero-order valence-electron chi connectivity index (χ0n) is 10.4. The molecule has 0 radical (unpaired) electrons. The summed E-state index contributed by atoms with van der Waals surface area (Å²) in [4.78, 5) is 0. The van der Waals surface area contributed by atoms with Crippen LogP contribution >= 0.6 is 0 Å². The molecule has 0 amide bonds. The molecule has 1 fully saturated rings. The molecule has 15 heavy (non-hydrogen) atoms. The minimum absolute atomic E-state index is 0.392. The van der Waals surface area contributed by atoms with Crippen LogP contribution in [0, 0.1) is 0 Å². The van der Waals surface area contributed by atoms with Crippen LogP contribution in [0.1, 0.15) is 46.5 Å². The summed E-state index contributed by atoms with van der Waals surface area (Å²) in [7, 11) is 0. The Morgan fingerprint density at radius 3 is 2.73 bits per heavy atom. The number of hydrogen-bond acceptors (Lipinski definition) is 2. The Hall–Kier alpha value is -0.340. The van der Waals surface area contributed by atoms with Crippen molar-refractivity contribution in [1.29, 1.82) is 0 Å². The second kappa shape index (κ2) is 6.29. The van der Waals surface area contributed by atoms with Gasteiger partial charge < -0.3 is 10.1 Å². The lowest BCUT2D eigenvalue weighted by molar-refractivity contribution is 0.0321. The van der Waals surface area contributed by atoms with Crippen molar-refractivity contribution in [3.8, 4) is 0 Å². The van der Waals surface area contributed by atoms with Gasteiger partial charge in [-0.15, -0.1) is 6.58 Å². The van der Waals surface area contributed by atoms with Crippen molar-refractivity contribution >= 4 is 0 Å². The first-order chi connectivity index (χ1) is 7.13. The van der Waals surface area contributed by atoms with Gasteiger partial charge in [-0.05, 0) is 46.1 Å². The molecule has 0 saturated carbocycles. The van der Waals surface area contributed by atoms with Gasteiger partial charge in [0.05, 0.1) is 12.2 Å². The number of hydrogen-bond donors (Lipinski definition) is 1. The van der Waals surface area contributed by atoms with Crippen LogP contribution in [0.3, 0.4) is 0 Å². The summed E-state index contributed by atoms with van der Waals surface area (Å²) in [6.45, 7) is 11.5. The van der Waals surface area contributed by atoms with Crippen molar-refractivity contribution in [2.45, 2.75) is 64.7 Å². The fraction of sp³-hybridized carbons (Fsp3) is 0.846. The monoisotopic (exact) mass is 211 g/mol. The number of nitrogens with one attached hydrogen (secondary N) is 1. The summed E-state index contributed by atoms with van der Waals surface area (Å²) in [6.07, 6.45) is 5.43. The zero-order chi connectivity index (χ0) is 11.3. The van der Waals surface area contributed by atoms with Crippen LogP contribution in [0.25, 0.3) is 0 Å². The van der Waals surface area contributed by atoms with Crippen molar-refractivity contribution < 1.29 is 4.74 Å². The summed E-state index contributed by atoms with van der Waals surface area (Å²) in [5, 5.41) is 3.58. The topological polar surface area (TPSA) is 21.3 Å². The Morgan fingerprint density at radius 1 is 1.53 bits per heavy atom. The fourth-order valence-corrected chi connectivity index (χ4v) is 2.17. The Balaban J connectivity index is 2.43. The van der Waals surface area contributed by atoms with E-state index >= 15 is 0 Å². The molecule has 2 nitrogen and oxygen atoms in total. The molecular formula is C13H25NO. The lowest BCUT2D eigenvalue weighted by Crippen LogP contribution is -2.40. The molecule has 1 aliphatic rings. The summed E-state index contributed by atoms with van der Waals surface area (Å²) in [5.74, 6) is 0. The van der Waals surface area contributed by atoms with Crippen molar-refractivity contribution in [2.75, 3.05) is 6.54 Å².